The zero-order valence-corrected chi connectivity index (χ0v) is 15.8. The Morgan fingerprint density at radius 3 is 2.38 bits per heavy atom. The molecule has 2 aromatic rings. The molecule has 0 spiro atoms. The maximum Gasteiger partial charge on any atom is 0.119 e. The summed E-state index contributed by atoms with van der Waals surface area (Å²) in [6.45, 7) is 3.15. The highest BCUT2D eigenvalue weighted by atomic mass is 35.5. The normalized spacial score (nSPS) is 12.6. The third kappa shape index (κ3) is 5.70. The molecule has 0 heterocycles. The van der Waals surface area contributed by atoms with Crippen LogP contribution in [0.2, 0.25) is 0 Å². The lowest BCUT2D eigenvalue weighted by Crippen LogP contribution is -2.24. The number of halogens is 1. The Labute approximate surface area is 152 Å². The third-order valence-corrected chi connectivity index (χ3v) is 4.06. The molecule has 0 saturated heterocycles. The first-order valence-electron chi connectivity index (χ1n) is 8.13. The number of ether oxygens (including phenoxy) is 1. The summed E-state index contributed by atoms with van der Waals surface area (Å²) in [6, 6.07) is 19.1. The van der Waals surface area contributed by atoms with Gasteiger partial charge in [0.25, 0.3) is 0 Å². The van der Waals surface area contributed by atoms with Crippen LogP contribution >= 0.6 is 12.4 Å². The number of hydrogen-bond donors (Lipinski definition) is 0. The lowest BCUT2D eigenvalue weighted by atomic mass is 9.86. The van der Waals surface area contributed by atoms with Crippen molar-refractivity contribution in [3.8, 4) is 5.75 Å². The van der Waals surface area contributed by atoms with Crippen molar-refractivity contribution in [1.82, 2.24) is 4.90 Å². The molecule has 0 aliphatic carbocycles. The third-order valence-electron chi connectivity index (χ3n) is 4.06. The van der Waals surface area contributed by atoms with E-state index in [2.05, 4.69) is 80.5 Å². The Morgan fingerprint density at radius 2 is 1.79 bits per heavy atom. The van der Waals surface area contributed by atoms with E-state index in [9.17, 15) is 0 Å². The lowest BCUT2D eigenvalue weighted by molar-refractivity contribution is 0.363. The second-order valence-corrected chi connectivity index (χ2v) is 6.12. The molecule has 130 valence electrons. The summed E-state index contributed by atoms with van der Waals surface area (Å²) in [5.41, 5.74) is 4.00. The number of nitrogens with zero attached hydrogens (tertiary/aromatic N) is 1. The smallest absolute Gasteiger partial charge is 0.119 e. The molecule has 0 N–H and O–H groups in total. The van der Waals surface area contributed by atoms with Crippen molar-refractivity contribution in [1.29, 1.82) is 0 Å². The van der Waals surface area contributed by atoms with Gasteiger partial charge in [0.05, 0.1) is 7.11 Å². The van der Waals surface area contributed by atoms with Gasteiger partial charge in [-0.2, -0.15) is 0 Å². The van der Waals surface area contributed by atoms with Crippen LogP contribution in [0.25, 0.3) is 5.57 Å². The van der Waals surface area contributed by atoms with Crippen LogP contribution in [0.3, 0.4) is 0 Å². The van der Waals surface area contributed by atoms with Gasteiger partial charge in [-0.3, -0.25) is 0 Å². The van der Waals surface area contributed by atoms with Gasteiger partial charge >= 0.3 is 0 Å². The molecule has 0 amide bonds. The zero-order valence-electron chi connectivity index (χ0n) is 15.0. The minimum Gasteiger partial charge on any atom is -0.497 e. The minimum absolute atomic E-state index is 0. The highest BCUT2D eigenvalue weighted by molar-refractivity contribution is 5.85. The van der Waals surface area contributed by atoms with Crippen LogP contribution in [-0.2, 0) is 6.42 Å². The number of hydrogen-bond acceptors (Lipinski definition) is 2. The molecule has 0 aliphatic rings. The zero-order chi connectivity index (χ0) is 16.7. The van der Waals surface area contributed by atoms with E-state index in [4.69, 9.17) is 4.74 Å². The molecule has 2 rings (SSSR count). The van der Waals surface area contributed by atoms with Gasteiger partial charge < -0.3 is 9.64 Å². The number of rotatable bonds is 7. The van der Waals surface area contributed by atoms with Gasteiger partial charge in [-0.25, -0.2) is 0 Å². The predicted molar refractivity (Wildman–Crippen MR) is 106 cm³/mol. The van der Waals surface area contributed by atoms with E-state index in [1.807, 2.05) is 6.07 Å². The molecular formula is C21H28ClNO. The summed E-state index contributed by atoms with van der Waals surface area (Å²) >= 11 is 0. The highest BCUT2D eigenvalue weighted by Gasteiger charge is 2.17. The molecule has 0 aliphatic heterocycles. The molecule has 2 aromatic carbocycles. The van der Waals surface area contributed by atoms with E-state index in [0.717, 1.165) is 18.7 Å². The molecule has 0 saturated carbocycles. The van der Waals surface area contributed by atoms with E-state index < -0.39 is 0 Å². The summed E-state index contributed by atoms with van der Waals surface area (Å²) < 4.78 is 5.39. The predicted octanol–water partition coefficient (Wildman–Crippen LogP) is 4.94. The van der Waals surface area contributed by atoms with Gasteiger partial charge in [0, 0.05) is 12.5 Å². The van der Waals surface area contributed by atoms with Gasteiger partial charge in [-0.15, -0.1) is 12.4 Å². The molecule has 1 atom stereocenters. The number of benzene rings is 2. The van der Waals surface area contributed by atoms with Gasteiger partial charge in [0.15, 0.2) is 0 Å². The average Bonchev–Trinajstić information content (AvgIpc) is 2.56. The summed E-state index contributed by atoms with van der Waals surface area (Å²) in [7, 11) is 5.99. The molecule has 2 nitrogen and oxygen atoms in total. The van der Waals surface area contributed by atoms with Gasteiger partial charge in [-0.1, -0.05) is 48.5 Å². The van der Waals surface area contributed by atoms with Gasteiger partial charge in [0.2, 0.25) is 0 Å². The molecule has 3 heteroatoms. The average molecular weight is 346 g/mol. The van der Waals surface area contributed by atoms with Crippen molar-refractivity contribution >= 4 is 18.0 Å². The Bertz CT molecular complexity index is 637. The van der Waals surface area contributed by atoms with Gasteiger partial charge in [0.1, 0.15) is 5.75 Å². The molecule has 0 bridgehead atoms. The van der Waals surface area contributed by atoms with E-state index in [-0.39, 0.29) is 12.4 Å². The Hall–Kier alpha value is -1.77. The molecule has 0 fully saturated rings. The fourth-order valence-electron chi connectivity index (χ4n) is 3.05. The first-order valence-corrected chi connectivity index (χ1v) is 8.13. The Kier molecular flexibility index (Phi) is 8.59. The van der Waals surface area contributed by atoms with Crippen molar-refractivity contribution in [3.05, 3.63) is 71.8 Å². The van der Waals surface area contributed by atoms with E-state index in [0.29, 0.717) is 5.92 Å². The van der Waals surface area contributed by atoms with Crippen molar-refractivity contribution in [2.45, 2.75) is 13.3 Å². The van der Waals surface area contributed by atoms with E-state index >= 15 is 0 Å². The second-order valence-electron chi connectivity index (χ2n) is 6.12. The summed E-state index contributed by atoms with van der Waals surface area (Å²) in [5, 5.41) is 0. The quantitative estimate of drug-likeness (QED) is 0.704. The molecule has 0 aromatic heterocycles. The summed E-state index contributed by atoms with van der Waals surface area (Å²) in [5.74, 6) is 1.36. The van der Waals surface area contributed by atoms with E-state index in [1.165, 1.54) is 16.7 Å². The van der Waals surface area contributed by atoms with Crippen molar-refractivity contribution < 1.29 is 4.74 Å². The largest absolute Gasteiger partial charge is 0.497 e. The van der Waals surface area contributed by atoms with Crippen LogP contribution in [0.5, 0.6) is 5.75 Å². The van der Waals surface area contributed by atoms with Crippen molar-refractivity contribution in [2.24, 2.45) is 5.92 Å². The summed E-state index contributed by atoms with van der Waals surface area (Å²) in [4.78, 5) is 2.26. The second kappa shape index (κ2) is 10.2. The summed E-state index contributed by atoms with van der Waals surface area (Å²) in [6.07, 6.45) is 3.28. The first-order chi connectivity index (χ1) is 11.1. The minimum atomic E-state index is 0. The maximum absolute atomic E-state index is 5.39. The van der Waals surface area contributed by atoms with Crippen molar-refractivity contribution in [3.63, 3.8) is 0 Å². The SMILES string of the molecule is C/C=C(/c1cccc(OC)c1)[C@H](Cc1ccccc1)CN(C)C.Cl. The molecule has 24 heavy (non-hydrogen) atoms. The topological polar surface area (TPSA) is 12.5 Å². The Balaban J connectivity index is 0.00000288. The van der Waals surface area contributed by atoms with Crippen LogP contribution in [-0.4, -0.2) is 32.6 Å². The van der Waals surface area contributed by atoms with Crippen LogP contribution in [0.1, 0.15) is 18.1 Å². The van der Waals surface area contributed by atoms with Crippen LogP contribution < -0.4 is 4.74 Å². The van der Waals surface area contributed by atoms with E-state index in [1.54, 1.807) is 7.11 Å². The standard InChI is InChI=1S/C21H27NO.ClH/c1-5-21(18-12-9-13-20(15-18)23-4)19(16-22(2)3)14-17-10-7-6-8-11-17;/h5-13,15,19H,14,16H2,1-4H3;1H/b21-5-;/t19-;/m1./s1. The highest BCUT2D eigenvalue weighted by Crippen LogP contribution is 2.29. The van der Waals surface area contributed by atoms with Gasteiger partial charge in [-0.05, 0) is 56.3 Å². The lowest BCUT2D eigenvalue weighted by Gasteiger charge is -2.25. The van der Waals surface area contributed by atoms with Crippen LogP contribution in [0, 0.1) is 5.92 Å². The monoisotopic (exact) mass is 345 g/mol. The van der Waals surface area contributed by atoms with Crippen molar-refractivity contribution in [2.75, 3.05) is 27.7 Å². The molecule has 0 unspecified atom stereocenters. The Morgan fingerprint density at radius 1 is 1.08 bits per heavy atom. The van der Waals surface area contributed by atoms with Crippen LogP contribution in [0.15, 0.2) is 60.7 Å². The number of methoxy groups -OCH3 is 1. The fraction of sp³-hybridized carbons (Fsp3) is 0.333. The molecule has 0 radical (unpaired) electrons. The fourth-order valence-corrected chi connectivity index (χ4v) is 3.05. The van der Waals surface area contributed by atoms with Crippen LogP contribution in [0.4, 0.5) is 0 Å². The molecular weight excluding hydrogens is 318 g/mol. The first kappa shape index (κ1) is 20.3. The number of allylic oxidation sites excluding steroid dienone is 1. The maximum atomic E-state index is 5.39.